The molecule has 0 unspecified atom stereocenters. The van der Waals surface area contributed by atoms with Crippen LogP contribution in [-0.2, 0) is 11.3 Å². The van der Waals surface area contributed by atoms with Gasteiger partial charge in [-0.1, -0.05) is 66.7 Å². The summed E-state index contributed by atoms with van der Waals surface area (Å²) in [4.78, 5) is 24.4. The molecular weight excluding hydrogens is 412 g/mol. The van der Waals surface area contributed by atoms with E-state index in [1.807, 2.05) is 59.4 Å². The number of aromatic nitrogens is 2. The van der Waals surface area contributed by atoms with Crippen molar-refractivity contribution < 1.29 is 9.59 Å². The van der Waals surface area contributed by atoms with Crippen LogP contribution >= 0.6 is 0 Å². The molecule has 0 aliphatic heterocycles. The van der Waals surface area contributed by atoms with Gasteiger partial charge in [0.2, 0.25) is 5.91 Å². The molecular formula is C27H24N4O2. The van der Waals surface area contributed by atoms with Crippen molar-refractivity contribution in [2.45, 2.75) is 6.54 Å². The van der Waals surface area contributed by atoms with E-state index in [0.29, 0.717) is 17.8 Å². The first-order valence-corrected chi connectivity index (χ1v) is 10.6. The van der Waals surface area contributed by atoms with Crippen molar-refractivity contribution in [3.8, 4) is 11.3 Å². The molecule has 6 heteroatoms. The normalized spacial score (nSPS) is 10.8. The van der Waals surface area contributed by atoms with Gasteiger partial charge >= 0.3 is 0 Å². The lowest BCUT2D eigenvalue weighted by atomic mass is 10.1. The summed E-state index contributed by atoms with van der Waals surface area (Å²) >= 11 is 0. The van der Waals surface area contributed by atoms with E-state index in [9.17, 15) is 9.59 Å². The second-order valence-electron chi connectivity index (χ2n) is 7.46. The molecule has 4 rings (SSSR count). The van der Waals surface area contributed by atoms with Crippen molar-refractivity contribution in [2.24, 2.45) is 0 Å². The van der Waals surface area contributed by atoms with Gasteiger partial charge in [-0.25, -0.2) is 0 Å². The first-order valence-electron chi connectivity index (χ1n) is 10.6. The molecule has 0 aliphatic rings. The molecule has 4 aromatic rings. The second-order valence-corrected chi connectivity index (χ2v) is 7.46. The molecule has 0 fully saturated rings. The zero-order valence-corrected chi connectivity index (χ0v) is 18.2. The Morgan fingerprint density at radius 2 is 1.67 bits per heavy atom. The third-order valence-electron chi connectivity index (χ3n) is 5.06. The van der Waals surface area contributed by atoms with Crippen LogP contribution in [0.2, 0.25) is 0 Å². The summed E-state index contributed by atoms with van der Waals surface area (Å²) in [5.74, 6) is -0.501. The van der Waals surface area contributed by atoms with Crippen molar-refractivity contribution >= 4 is 23.6 Å². The third-order valence-corrected chi connectivity index (χ3v) is 5.06. The predicted octanol–water partition coefficient (Wildman–Crippen LogP) is 4.61. The van der Waals surface area contributed by atoms with Crippen molar-refractivity contribution in [3.05, 3.63) is 114 Å². The maximum Gasteiger partial charge on any atom is 0.251 e. The quantitative estimate of drug-likeness (QED) is 0.416. The van der Waals surface area contributed by atoms with Gasteiger partial charge in [-0.3, -0.25) is 14.3 Å². The number of hydrogen-bond donors (Lipinski definition) is 2. The first kappa shape index (κ1) is 21.8. The number of rotatable bonds is 7. The van der Waals surface area contributed by atoms with Crippen LogP contribution in [0.3, 0.4) is 0 Å². The highest BCUT2D eigenvalue weighted by atomic mass is 16.2. The molecule has 0 saturated heterocycles. The molecule has 1 aromatic heterocycles. The summed E-state index contributed by atoms with van der Waals surface area (Å²) < 4.78 is 1.88. The van der Waals surface area contributed by atoms with E-state index in [-0.39, 0.29) is 11.8 Å². The zero-order chi connectivity index (χ0) is 23.0. The van der Waals surface area contributed by atoms with Gasteiger partial charge < -0.3 is 10.6 Å². The van der Waals surface area contributed by atoms with Gasteiger partial charge in [0.15, 0.2) is 0 Å². The van der Waals surface area contributed by atoms with Gasteiger partial charge in [-0.15, -0.1) is 0 Å². The van der Waals surface area contributed by atoms with Crippen LogP contribution in [0.15, 0.2) is 97.2 Å². The number of anilines is 1. The average molecular weight is 437 g/mol. The Hall–Kier alpha value is -4.45. The summed E-state index contributed by atoms with van der Waals surface area (Å²) in [6.07, 6.45) is 5.17. The predicted molar refractivity (Wildman–Crippen MR) is 131 cm³/mol. The molecule has 0 spiro atoms. The van der Waals surface area contributed by atoms with E-state index >= 15 is 0 Å². The highest BCUT2D eigenvalue weighted by Gasteiger charge is 2.10. The molecule has 2 N–H and O–H groups in total. The van der Waals surface area contributed by atoms with Gasteiger partial charge in [0.1, 0.15) is 0 Å². The summed E-state index contributed by atoms with van der Waals surface area (Å²) in [5, 5.41) is 10.1. The highest BCUT2D eigenvalue weighted by Crippen LogP contribution is 2.23. The monoisotopic (exact) mass is 436 g/mol. The molecule has 33 heavy (non-hydrogen) atoms. The molecule has 0 atom stereocenters. The van der Waals surface area contributed by atoms with Gasteiger partial charge in [-0.2, -0.15) is 5.10 Å². The molecule has 0 bridgehead atoms. The van der Waals surface area contributed by atoms with E-state index in [0.717, 1.165) is 22.4 Å². The van der Waals surface area contributed by atoms with Crippen molar-refractivity contribution in [1.82, 2.24) is 15.1 Å². The lowest BCUT2D eigenvalue weighted by Crippen LogP contribution is -2.18. The fourth-order valence-corrected chi connectivity index (χ4v) is 3.46. The minimum absolute atomic E-state index is 0.208. The summed E-state index contributed by atoms with van der Waals surface area (Å²) in [6, 6.07) is 26.8. The van der Waals surface area contributed by atoms with Crippen LogP contribution in [0.1, 0.15) is 21.5 Å². The van der Waals surface area contributed by atoms with Gasteiger partial charge in [0.05, 0.1) is 12.2 Å². The minimum Gasteiger partial charge on any atom is -0.355 e. The van der Waals surface area contributed by atoms with Crippen LogP contribution < -0.4 is 10.6 Å². The standard InChI is InChI=1S/C27H24N4O2/c1-28-27(33)22-13-8-14-24(17-22)29-25(32)16-15-23-19-31(18-20-9-4-2-5-10-20)30-26(23)21-11-6-3-7-12-21/h2-17,19H,18H2,1H3,(H,28,33)(H,29,32)/b16-15+. The topological polar surface area (TPSA) is 76.0 Å². The Labute approximate surface area is 192 Å². The van der Waals surface area contributed by atoms with E-state index < -0.39 is 0 Å². The Balaban J connectivity index is 1.56. The molecule has 0 saturated carbocycles. The second kappa shape index (κ2) is 10.2. The molecule has 0 aliphatic carbocycles. The molecule has 3 aromatic carbocycles. The number of hydrogen-bond acceptors (Lipinski definition) is 3. The van der Waals surface area contributed by atoms with Crippen molar-refractivity contribution in [1.29, 1.82) is 0 Å². The first-order chi connectivity index (χ1) is 16.1. The summed E-state index contributed by atoms with van der Waals surface area (Å²) in [5.41, 5.74) is 4.79. The number of amides is 2. The summed E-state index contributed by atoms with van der Waals surface area (Å²) in [6.45, 7) is 0.632. The average Bonchev–Trinajstić information content (AvgIpc) is 3.26. The number of nitrogens with zero attached hydrogens (tertiary/aromatic N) is 2. The Morgan fingerprint density at radius 1 is 0.939 bits per heavy atom. The van der Waals surface area contributed by atoms with E-state index in [4.69, 9.17) is 5.10 Å². The van der Waals surface area contributed by atoms with Crippen LogP contribution in [0.4, 0.5) is 5.69 Å². The molecule has 164 valence electrons. The van der Waals surface area contributed by atoms with Gasteiger partial charge in [0, 0.05) is 41.7 Å². The third kappa shape index (κ3) is 5.62. The Morgan fingerprint density at radius 3 is 2.39 bits per heavy atom. The lowest BCUT2D eigenvalue weighted by molar-refractivity contribution is -0.111. The van der Waals surface area contributed by atoms with Crippen LogP contribution in [-0.4, -0.2) is 28.6 Å². The highest BCUT2D eigenvalue weighted by molar-refractivity contribution is 6.03. The zero-order valence-electron chi connectivity index (χ0n) is 18.2. The van der Waals surface area contributed by atoms with Crippen LogP contribution in [0.25, 0.3) is 17.3 Å². The Kier molecular flexibility index (Phi) is 6.75. The molecule has 1 heterocycles. The number of carbonyl (C=O) groups excluding carboxylic acids is 2. The maximum atomic E-state index is 12.6. The van der Waals surface area contributed by atoms with Crippen molar-refractivity contribution in [2.75, 3.05) is 12.4 Å². The SMILES string of the molecule is CNC(=O)c1cccc(NC(=O)/C=C/c2cn(Cc3ccccc3)nc2-c2ccccc2)c1. The smallest absolute Gasteiger partial charge is 0.251 e. The fraction of sp³-hybridized carbons (Fsp3) is 0.0741. The van der Waals surface area contributed by atoms with Gasteiger partial charge in [-0.05, 0) is 29.8 Å². The molecule has 2 amide bonds. The van der Waals surface area contributed by atoms with Crippen LogP contribution in [0.5, 0.6) is 0 Å². The number of carbonyl (C=O) groups is 2. The lowest BCUT2D eigenvalue weighted by Gasteiger charge is -2.05. The summed E-state index contributed by atoms with van der Waals surface area (Å²) in [7, 11) is 1.57. The molecule has 6 nitrogen and oxygen atoms in total. The fourth-order valence-electron chi connectivity index (χ4n) is 3.46. The largest absolute Gasteiger partial charge is 0.355 e. The van der Waals surface area contributed by atoms with E-state index in [2.05, 4.69) is 22.8 Å². The van der Waals surface area contributed by atoms with Crippen LogP contribution in [0, 0.1) is 0 Å². The van der Waals surface area contributed by atoms with E-state index in [1.54, 1.807) is 37.4 Å². The Bertz CT molecular complexity index is 1280. The van der Waals surface area contributed by atoms with Crippen molar-refractivity contribution in [3.63, 3.8) is 0 Å². The van der Waals surface area contributed by atoms with Gasteiger partial charge in [0.25, 0.3) is 5.91 Å². The number of benzene rings is 3. The molecule has 0 radical (unpaired) electrons. The minimum atomic E-state index is -0.293. The maximum absolute atomic E-state index is 12.6. The number of nitrogens with one attached hydrogen (secondary N) is 2. The van der Waals surface area contributed by atoms with E-state index in [1.165, 1.54) is 6.08 Å².